The van der Waals surface area contributed by atoms with Crippen LogP contribution in [0.1, 0.15) is 50.8 Å². The predicted molar refractivity (Wildman–Crippen MR) is 148 cm³/mol. The summed E-state index contributed by atoms with van der Waals surface area (Å²) < 4.78 is 13.2. The second-order valence-electron chi connectivity index (χ2n) is 11.2. The van der Waals surface area contributed by atoms with Gasteiger partial charge in [0, 0.05) is 6.61 Å². The van der Waals surface area contributed by atoms with Crippen molar-refractivity contribution in [3.05, 3.63) is 108 Å². The summed E-state index contributed by atoms with van der Waals surface area (Å²) in [7, 11) is -1.81. The van der Waals surface area contributed by atoms with Gasteiger partial charge in [0.05, 0.1) is 12.7 Å². The third-order valence-corrected chi connectivity index (χ3v) is 11.7. The van der Waals surface area contributed by atoms with Crippen molar-refractivity contribution >= 4 is 8.32 Å². The van der Waals surface area contributed by atoms with Crippen molar-refractivity contribution in [2.24, 2.45) is 5.92 Å². The predicted octanol–water partition coefficient (Wildman–Crippen LogP) is 7.40. The van der Waals surface area contributed by atoms with Crippen LogP contribution < -0.4 is 0 Å². The molecule has 0 heterocycles. The maximum atomic E-state index is 11.0. The first-order chi connectivity index (χ1) is 16.6. The average Bonchev–Trinajstić information content (AvgIpc) is 2.84. The molecule has 2 atom stereocenters. The highest BCUT2D eigenvalue weighted by atomic mass is 28.4. The summed E-state index contributed by atoms with van der Waals surface area (Å²) in [6.07, 6.45) is 0.0341. The minimum atomic E-state index is -1.81. The molecule has 3 aromatic rings. The van der Waals surface area contributed by atoms with Gasteiger partial charge < -0.3 is 14.3 Å². The van der Waals surface area contributed by atoms with E-state index in [1.54, 1.807) is 0 Å². The van der Waals surface area contributed by atoms with Crippen molar-refractivity contribution in [1.29, 1.82) is 0 Å². The van der Waals surface area contributed by atoms with E-state index in [0.29, 0.717) is 13.0 Å². The molecule has 0 aliphatic rings. The van der Waals surface area contributed by atoms with Crippen molar-refractivity contribution in [2.45, 2.75) is 64.0 Å². The van der Waals surface area contributed by atoms with E-state index in [2.05, 4.69) is 77.2 Å². The first-order valence-electron chi connectivity index (χ1n) is 12.7. The van der Waals surface area contributed by atoms with E-state index in [4.69, 9.17) is 9.16 Å². The van der Waals surface area contributed by atoms with Crippen LogP contribution in [0.5, 0.6) is 0 Å². The van der Waals surface area contributed by atoms with Gasteiger partial charge in [0.25, 0.3) is 0 Å². The van der Waals surface area contributed by atoms with E-state index in [-0.39, 0.29) is 17.6 Å². The van der Waals surface area contributed by atoms with Gasteiger partial charge >= 0.3 is 0 Å². The summed E-state index contributed by atoms with van der Waals surface area (Å²) >= 11 is 0. The van der Waals surface area contributed by atoms with Gasteiger partial charge in [0.15, 0.2) is 8.32 Å². The van der Waals surface area contributed by atoms with E-state index in [1.807, 2.05) is 54.6 Å². The fourth-order valence-corrected chi connectivity index (χ4v) is 5.29. The second-order valence-corrected chi connectivity index (χ2v) is 16.0. The number of rotatable bonds is 11. The van der Waals surface area contributed by atoms with Gasteiger partial charge in [-0.3, -0.25) is 0 Å². The van der Waals surface area contributed by atoms with E-state index >= 15 is 0 Å². The van der Waals surface area contributed by atoms with Crippen LogP contribution in [0.3, 0.4) is 0 Å². The van der Waals surface area contributed by atoms with Crippen LogP contribution in [-0.2, 0) is 14.8 Å². The van der Waals surface area contributed by atoms with Crippen LogP contribution in [0.4, 0.5) is 0 Å². The number of benzene rings is 3. The molecule has 0 amide bonds. The van der Waals surface area contributed by atoms with E-state index in [9.17, 15) is 5.11 Å². The lowest BCUT2D eigenvalue weighted by Crippen LogP contribution is -2.42. The molecule has 3 nitrogen and oxygen atoms in total. The molecule has 0 radical (unpaired) electrons. The highest BCUT2D eigenvalue weighted by Crippen LogP contribution is 2.41. The zero-order chi connectivity index (χ0) is 25.5. The normalized spacial score (nSPS) is 14.5. The van der Waals surface area contributed by atoms with Crippen LogP contribution in [-0.4, -0.2) is 32.7 Å². The third kappa shape index (κ3) is 6.71. The molecule has 0 aliphatic heterocycles. The Kier molecular flexibility index (Phi) is 9.11. The van der Waals surface area contributed by atoms with Gasteiger partial charge in [-0.2, -0.15) is 0 Å². The van der Waals surface area contributed by atoms with Gasteiger partial charge in [-0.1, -0.05) is 119 Å². The number of aliphatic hydroxyl groups excluding tert-OH is 1. The number of ether oxygens (including phenoxy) is 1. The van der Waals surface area contributed by atoms with Gasteiger partial charge in [0.1, 0.15) is 5.60 Å². The van der Waals surface area contributed by atoms with Gasteiger partial charge in [0.2, 0.25) is 0 Å². The maximum absolute atomic E-state index is 11.0. The van der Waals surface area contributed by atoms with Crippen LogP contribution in [0.25, 0.3) is 0 Å². The smallest absolute Gasteiger partial charge is 0.191 e. The van der Waals surface area contributed by atoms with Crippen molar-refractivity contribution in [3.63, 3.8) is 0 Å². The van der Waals surface area contributed by atoms with Gasteiger partial charge in [-0.15, -0.1) is 0 Å². The number of aliphatic hydroxyl groups is 1. The average molecular weight is 491 g/mol. The quantitative estimate of drug-likeness (QED) is 0.225. The van der Waals surface area contributed by atoms with Crippen LogP contribution in [0.15, 0.2) is 91.0 Å². The SMILES string of the molecule is C[C@H](CO[Si](C)(C)C(C)(C)C)C[C@@H](O)COC(c1ccccc1)(c1ccccc1)c1ccccc1. The Bertz CT molecular complexity index is 917. The minimum Gasteiger partial charge on any atom is -0.417 e. The van der Waals surface area contributed by atoms with E-state index in [0.717, 1.165) is 16.7 Å². The lowest BCUT2D eigenvalue weighted by atomic mass is 9.80. The summed E-state index contributed by atoms with van der Waals surface area (Å²) in [4.78, 5) is 0. The molecule has 0 bridgehead atoms. The number of hydrogen-bond donors (Lipinski definition) is 1. The molecule has 3 rings (SSSR count). The Balaban J connectivity index is 1.82. The van der Waals surface area contributed by atoms with Crippen LogP contribution in [0.2, 0.25) is 18.1 Å². The molecule has 188 valence electrons. The molecule has 4 heteroatoms. The van der Waals surface area contributed by atoms with E-state index in [1.165, 1.54) is 0 Å². The fourth-order valence-electron chi connectivity index (χ4n) is 4.16. The molecule has 0 aromatic heterocycles. The molecule has 0 unspecified atom stereocenters. The summed E-state index contributed by atoms with van der Waals surface area (Å²) in [5.41, 5.74) is 2.31. The third-order valence-electron chi connectivity index (χ3n) is 7.24. The molecule has 35 heavy (non-hydrogen) atoms. The van der Waals surface area contributed by atoms with E-state index < -0.39 is 20.0 Å². The standard InChI is InChI=1S/C31H42O3Si/c1-25(23-34-35(5,6)30(2,3)4)22-29(32)24-33-31(26-16-10-7-11-17-26,27-18-12-8-13-19-27)28-20-14-9-15-21-28/h7-21,25,29,32H,22-24H2,1-6H3/t25-,29+/m0/s1. The summed E-state index contributed by atoms with van der Waals surface area (Å²) in [5.74, 6) is 0.238. The van der Waals surface area contributed by atoms with Gasteiger partial charge in [-0.05, 0) is 47.2 Å². The number of hydrogen-bond acceptors (Lipinski definition) is 3. The Morgan fingerprint density at radius 3 is 1.49 bits per heavy atom. The second kappa shape index (κ2) is 11.7. The zero-order valence-electron chi connectivity index (χ0n) is 22.2. The molecule has 0 fully saturated rings. The molecule has 0 aliphatic carbocycles. The largest absolute Gasteiger partial charge is 0.417 e. The van der Waals surface area contributed by atoms with Crippen molar-refractivity contribution < 1.29 is 14.3 Å². The molecular formula is C31H42O3Si. The summed E-state index contributed by atoms with van der Waals surface area (Å²) in [5, 5.41) is 11.2. The Labute approximate surface area is 213 Å². The Hall–Kier alpha value is -2.24. The Morgan fingerprint density at radius 1 is 0.714 bits per heavy atom. The molecule has 1 N–H and O–H groups in total. The highest BCUT2D eigenvalue weighted by molar-refractivity contribution is 6.74. The molecular weight excluding hydrogens is 448 g/mol. The van der Waals surface area contributed by atoms with Gasteiger partial charge in [-0.25, -0.2) is 0 Å². The molecule has 0 saturated heterocycles. The zero-order valence-corrected chi connectivity index (χ0v) is 23.2. The monoisotopic (exact) mass is 490 g/mol. The van der Waals surface area contributed by atoms with Crippen molar-refractivity contribution in [1.82, 2.24) is 0 Å². The summed E-state index contributed by atoms with van der Waals surface area (Å²) in [6, 6.07) is 30.9. The molecule has 3 aromatic carbocycles. The fraction of sp³-hybridized carbons (Fsp3) is 0.419. The van der Waals surface area contributed by atoms with Crippen molar-refractivity contribution in [2.75, 3.05) is 13.2 Å². The first-order valence-corrected chi connectivity index (χ1v) is 15.6. The molecule has 0 spiro atoms. The van der Waals surface area contributed by atoms with Crippen LogP contribution in [0, 0.1) is 5.92 Å². The molecule has 0 saturated carbocycles. The lowest BCUT2D eigenvalue weighted by Gasteiger charge is -2.38. The topological polar surface area (TPSA) is 38.7 Å². The Morgan fingerprint density at radius 2 is 1.11 bits per heavy atom. The highest BCUT2D eigenvalue weighted by Gasteiger charge is 2.39. The maximum Gasteiger partial charge on any atom is 0.191 e. The first kappa shape index (κ1) is 27.3. The van der Waals surface area contributed by atoms with Crippen molar-refractivity contribution in [3.8, 4) is 0 Å². The summed E-state index contributed by atoms with van der Waals surface area (Å²) in [6.45, 7) is 14.3. The minimum absolute atomic E-state index is 0.176. The lowest BCUT2D eigenvalue weighted by molar-refractivity contribution is -0.0450. The van der Waals surface area contributed by atoms with Crippen LogP contribution >= 0.6 is 0 Å².